The van der Waals surface area contributed by atoms with Gasteiger partial charge in [-0.1, -0.05) is 25.3 Å². The molecule has 2 rings (SSSR count). The minimum atomic E-state index is -0.636. The summed E-state index contributed by atoms with van der Waals surface area (Å²) in [6, 6.07) is 3.73. The maximum atomic E-state index is 13.7. The quantitative estimate of drug-likeness (QED) is 0.843. The molecule has 0 heterocycles. The Morgan fingerprint density at radius 2 is 1.70 bits per heavy atom. The summed E-state index contributed by atoms with van der Waals surface area (Å²) in [6.45, 7) is 0. The van der Waals surface area contributed by atoms with Gasteiger partial charge >= 0.3 is 0 Å². The Hall–Kier alpha value is -1.29. The van der Waals surface area contributed by atoms with Crippen LogP contribution in [0.1, 0.15) is 37.7 Å². The molecule has 1 fully saturated rings. The highest BCUT2D eigenvalue weighted by atomic mass is 19.1. The zero-order valence-corrected chi connectivity index (χ0v) is 12.1. The van der Waals surface area contributed by atoms with Crippen LogP contribution in [0.2, 0.25) is 0 Å². The van der Waals surface area contributed by atoms with Crippen LogP contribution >= 0.6 is 0 Å². The number of hydrogen-bond donors (Lipinski definition) is 0. The summed E-state index contributed by atoms with van der Waals surface area (Å²) in [4.78, 5) is 14.6. The summed E-state index contributed by atoms with van der Waals surface area (Å²) in [6.07, 6.45) is 4.48. The van der Waals surface area contributed by atoms with Crippen LogP contribution in [0.3, 0.4) is 0 Å². The van der Waals surface area contributed by atoms with Crippen molar-refractivity contribution in [2.45, 2.75) is 44.1 Å². The molecule has 1 saturated carbocycles. The summed E-state index contributed by atoms with van der Waals surface area (Å²) in [5, 5.41) is 0. The maximum Gasteiger partial charge on any atom is 0.157 e. The van der Waals surface area contributed by atoms with Gasteiger partial charge in [-0.15, -0.1) is 0 Å². The lowest BCUT2D eigenvalue weighted by molar-refractivity contribution is -0.131. The van der Waals surface area contributed by atoms with Gasteiger partial charge in [-0.2, -0.15) is 0 Å². The van der Waals surface area contributed by atoms with Crippen molar-refractivity contribution in [2.75, 3.05) is 14.1 Å². The Morgan fingerprint density at radius 1 is 1.15 bits per heavy atom. The summed E-state index contributed by atoms with van der Waals surface area (Å²) in [5.41, 5.74) is -0.670. The highest BCUT2D eigenvalue weighted by Crippen LogP contribution is 2.34. The molecule has 0 saturated heterocycles. The van der Waals surface area contributed by atoms with E-state index >= 15 is 0 Å². The van der Waals surface area contributed by atoms with Crippen molar-refractivity contribution in [3.05, 3.63) is 35.4 Å². The van der Waals surface area contributed by atoms with Crippen LogP contribution in [-0.2, 0) is 11.2 Å². The second-order valence-electron chi connectivity index (χ2n) is 5.79. The van der Waals surface area contributed by atoms with Crippen LogP contribution in [0, 0.1) is 11.6 Å². The lowest BCUT2D eigenvalue weighted by Crippen LogP contribution is -2.53. The van der Waals surface area contributed by atoms with Gasteiger partial charge in [0, 0.05) is 12.0 Å². The predicted molar refractivity (Wildman–Crippen MR) is 74.6 cm³/mol. The molecule has 0 bridgehead atoms. The molecule has 0 spiro atoms. The number of carbonyl (C=O) groups is 1. The zero-order valence-electron chi connectivity index (χ0n) is 12.1. The Labute approximate surface area is 118 Å². The van der Waals surface area contributed by atoms with E-state index in [1.54, 1.807) is 0 Å². The number of hydrogen-bond acceptors (Lipinski definition) is 2. The molecule has 20 heavy (non-hydrogen) atoms. The van der Waals surface area contributed by atoms with E-state index in [0.717, 1.165) is 32.1 Å². The van der Waals surface area contributed by atoms with Gasteiger partial charge in [0.2, 0.25) is 0 Å². The second kappa shape index (κ2) is 6.00. The van der Waals surface area contributed by atoms with Crippen molar-refractivity contribution in [3.63, 3.8) is 0 Å². The van der Waals surface area contributed by atoms with Gasteiger partial charge in [-0.05, 0) is 39.1 Å². The molecule has 1 aromatic rings. The number of rotatable bonds is 4. The fourth-order valence-corrected chi connectivity index (χ4v) is 3.14. The number of nitrogens with zero attached hydrogens (tertiary/aromatic N) is 1. The standard InChI is InChI=1S/C16H21F2NO/c1-19(2)16(9-4-3-5-10-16)15(20)11-12-13(17)7-6-8-14(12)18/h6-8H,3-5,9-11H2,1-2H3. The Kier molecular flexibility index (Phi) is 4.53. The molecule has 0 aliphatic heterocycles. The molecular weight excluding hydrogens is 260 g/mol. The van der Waals surface area contributed by atoms with E-state index in [4.69, 9.17) is 0 Å². The highest BCUT2D eigenvalue weighted by Gasteiger charge is 2.41. The van der Waals surface area contributed by atoms with Crippen molar-refractivity contribution in [3.8, 4) is 0 Å². The van der Waals surface area contributed by atoms with E-state index in [1.165, 1.54) is 18.2 Å². The normalized spacial score (nSPS) is 18.2. The molecule has 110 valence electrons. The first-order chi connectivity index (χ1) is 9.47. The van der Waals surface area contributed by atoms with Gasteiger partial charge in [0.15, 0.2) is 5.78 Å². The van der Waals surface area contributed by atoms with Crippen LogP contribution in [-0.4, -0.2) is 30.3 Å². The lowest BCUT2D eigenvalue weighted by atomic mass is 9.76. The van der Waals surface area contributed by atoms with Gasteiger partial charge in [0.25, 0.3) is 0 Å². The first kappa shape index (κ1) is 15.1. The topological polar surface area (TPSA) is 20.3 Å². The summed E-state index contributed by atoms with van der Waals surface area (Å²) in [7, 11) is 3.75. The molecule has 0 unspecified atom stereocenters. The molecule has 0 radical (unpaired) electrons. The summed E-state index contributed by atoms with van der Waals surface area (Å²) >= 11 is 0. The molecule has 4 heteroatoms. The smallest absolute Gasteiger partial charge is 0.157 e. The van der Waals surface area contributed by atoms with Gasteiger partial charge < -0.3 is 0 Å². The summed E-state index contributed by atoms with van der Waals surface area (Å²) < 4.78 is 27.4. The number of likely N-dealkylation sites (N-methyl/N-ethyl adjacent to an activating group) is 1. The van der Waals surface area contributed by atoms with Crippen molar-refractivity contribution in [1.82, 2.24) is 4.90 Å². The highest BCUT2D eigenvalue weighted by molar-refractivity contribution is 5.90. The van der Waals surface area contributed by atoms with Crippen molar-refractivity contribution in [2.24, 2.45) is 0 Å². The average Bonchev–Trinajstić information content (AvgIpc) is 2.43. The number of Topliss-reactive ketones (excluding diaryl/α,β-unsaturated/α-hetero) is 1. The Morgan fingerprint density at radius 3 is 2.20 bits per heavy atom. The molecule has 0 atom stereocenters. The molecule has 2 nitrogen and oxygen atoms in total. The lowest BCUT2D eigenvalue weighted by Gasteiger charge is -2.41. The number of ketones is 1. The Bertz CT molecular complexity index is 473. The third kappa shape index (κ3) is 2.75. The van der Waals surface area contributed by atoms with E-state index in [-0.39, 0.29) is 17.8 Å². The molecule has 1 aliphatic rings. The van der Waals surface area contributed by atoms with Crippen LogP contribution in [0.5, 0.6) is 0 Å². The largest absolute Gasteiger partial charge is 0.297 e. The third-order valence-electron chi connectivity index (χ3n) is 4.45. The van der Waals surface area contributed by atoms with Crippen LogP contribution in [0.4, 0.5) is 8.78 Å². The SMILES string of the molecule is CN(C)C1(C(=O)Cc2c(F)cccc2F)CCCCC1. The molecule has 1 aromatic carbocycles. The fraction of sp³-hybridized carbons (Fsp3) is 0.562. The molecule has 0 amide bonds. The minimum Gasteiger partial charge on any atom is -0.297 e. The van der Waals surface area contributed by atoms with E-state index in [1.807, 2.05) is 19.0 Å². The van der Waals surface area contributed by atoms with E-state index in [2.05, 4.69) is 0 Å². The van der Waals surface area contributed by atoms with E-state index < -0.39 is 17.2 Å². The fourth-order valence-electron chi connectivity index (χ4n) is 3.14. The van der Waals surface area contributed by atoms with Gasteiger partial charge in [0.05, 0.1) is 5.54 Å². The Balaban J connectivity index is 2.25. The minimum absolute atomic E-state index is 0.0776. The van der Waals surface area contributed by atoms with Crippen LogP contribution in [0.15, 0.2) is 18.2 Å². The molecule has 1 aliphatic carbocycles. The summed E-state index contributed by atoms with van der Waals surface area (Å²) in [5.74, 6) is -1.35. The molecule has 0 aromatic heterocycles. The monoisotopic (exact) mass is 281 g/mol. The van der Waals surface area contributed by atoms with E-state index in [9.17, 15) is 13.6 Å². The van der Waals surface area contributed by atoms with Crippen molar-refractivity contribution < 1.29 is 13.6 Å². The molecule has 0 N–H and O–H groups in total. The average molecular weight is 281 g/mol. The first-order valence-electron chi connectivity index (χ1n) is 7.11. The number of carbonyl (C=O) groups excluding carboxylic acids is 1. The van der Waals surface area contributed by atoms with Gasteiger partial charge in [-0.3, -0.25) is 9.69 Å². The van der Waals surface area contributed by atoms with Crippen molar-refractivity contribution >= 4 is 5.78 Å². The predicted octanol–water partition coefficient (Wildman–Crippen LogP) is 3.34. The molecular formula is C16H21F2NO. The number of halogens is 2. The maximum absolute atomic E-state index is 13.7. The van der Waals surface area contributed by atoms with E-state index in [0.29, 0.717) is 0 Å². The van der Waals surface area contributed by atoms with Crippen molar-refractivity contribution in [1.29, 1.82) is 0 Å². The third-order valence-corrected chi connectivity index (χ3v) is 4.45. The first-order valence-corrected chi connectivity index (χ1v) is 7.11. The second-order valence-corrected chi connectivity index (χ2v) is 5.79. The van der Waals surface area contributed by atoms with Gasteiger partial charge in [-0.25, -0.2) is 8.78 Å². The van der Waals surface area contributed by atoms with Crippen LogP contribution in [0.25, 0.3) is 0 Å². The van der Waals surface area contributed by atoms with Crippen LogP contribution < -0.4 is 0 Å². The number of benzene rings is 1. The zero-order chi connectivity index (χ0) is 14.8. The van der Waals surface area contributed by atoms with Gasteiger partial charge in [0.1, 0.15) is 11.6 Å².